The van der Waals surface area contributed by atoms with Crippen LogP contribution in [-0.2, 0) is 0 Å². The summed E-state index contributed by atoms with van der Waals surface area (Å²) in [5.74, 6) is 1.49. The summed E-state index contributed by atoms with van der Waals surface area (Å²) in [5, 5.41) is 6.25. The second-order valence-corrected chi connectivity index (χ2v) is 5.70. The van der Waals surface area contributed by atoms with Gasteiger partial charge < -0.3 is 0 Å². The molecule has 2 aromatic carbocycles. The lowest BCUT2D eigenvalue weighted by atomic mass is 10.1. The Hall–Kier alpha value is -3.01. The fourth-order valence-corrected chi connectivity index (χ4v) is 2.34. The van der Waals surface area contributed by atoms with Crippen LogP contribution < -0.4 is 5.01 Å². The van der Waals surface area contributed by atoms with Crippen molar-refractivity contribution in [2.24, 2.45) is 5.10 Å². The first-order chi connectivity index (χ1) is 11.6. The van der Waals surface area contributed by atoms with Gasteiger partial charge in [-0.15, -0.1) is 0 Å². The molecule has 120 valence electrons. The molecule has 0 aliphatic carbocycles. The monoisotopic (exact) mass is 316 g/mol. The van der Waals surface area contributed by atoms with E-state index in [1.807, 2.05) is 68.7 Å². The highest BCUT2D eigenvalue weighted by molar-refractivity contribution is 5.80. The van der Waals surface area contributed by atoms with E-state index < -0.39 is 0 Å². The van der Waals surface area contributed by atoms with E-state index in [0.29, 0.717) is 0 Å². The molecule has 1 aromatic heterocycles. The number of benzene rings is 2. The van der Waals surface area contributed by atoms with Crippen molar-refractivity contribution in [1.29, 1.82) is 0 Å². The van der Waals surface area contributed by atoms with Gasteiger partial charge in [0.15, 0.2) is 5.82 Å². The second kappa shape index (κ2) is 7.04. The Balaban J connectivity index is 1.86. The fraction of sp³-hybridized carbons (Fsp3) is 0.150. The van der Waals surface area contributed by atoms with E-state index in [1.54, 1.807) is 5.01 Å². The molecule has 0 amide bonds. The van der Waals surface area contributed by atoms with Crippen molar-refractivity contribution in [2.45, 2.75) is 13.8 Å². The zero-order valence-electron chi connectivity index (χ0n) is 14.1. The van der Waals surface area contributed by atoms with Gasteiger partial charge in [0.25, 0.3) is 0 Å². The first-order valence-electron chi connectivity index (χ1n) is 7.87. The predicted molar refractivity (Wildman–Crippen MR) is 99.4 cm³/mol. The highest BCUT2D eigenvalue weighted by atomic mass is 15.5. The normalized spacial score (nSPS) is 11.0. The van der Waals surface area contributed by atoms with E-state index in [9.17, 15) is 0 Å². The van der Waals surface area contributed by atoms with Gasteiger partial charge in [-0.3, -0.25) is 5.01 Å². The lowest BCUT2D eigenvalue weighted by molar-refractivity contribution is 0.944. The highest BCUT2D eigenvalue weighted by Crippen LogP contribution is 2.21. The summed E-state index contributed by atoms with van der Waals surface area (Å²) >= 11 is 0. The average Bonchev–Trinajstić information content (AvgIpc) is 2.61. The Kier molecular flexibility index (Phi) is 4.66. The summed E-state index contributed by atoms with van der Waals surface area (Å²) in [5.41, 5.74) is 4.26. The van der Waals surface area contributed by atoms with Crippen LogP contribution in [0, 0.1) is 13.8 Å². The molecule has 24 heavy (non-hydrogen) atoms. The maximum Gasteiger partial charge on any atom is 0.152 e. The molecule has 0 aliphatic rings. The third-order valence-electron chi connectivity index (χ3n) is 3.68. The molecule has 4 nitrogen and oxygen atoms in total. The van der Waals surface area contributed by atoms with Crippen molar-refractivity contribution >= 4 is 12.0 Å². The second-order valence-electron chi connectivity index (χ2n) is 5.70. The first kappa shape index (κ1) is 15.9. The Morgan fingerprint density at radius 2 is 1.62 bits per heavy atom. The lowest BCUT2D eigenvalue weighted by Gasteiger charge is -2.13. The summed E-state index contributed by atoms with van der Waals surface area (Å²) < 4.78 is 0. The standard InChI is InChI=1S/C20H20N4/c1-15-9-11-17(12-10-15)14-21-24(3)20-13-19(22-16(2)23-20)18-7-5-4-6-8-18/h4-14H,1-3H3/b21-14+. The van der Waals surface area contributed by atoms with Crippen LogP contribution in [-0.4, -0.2) is 23.2 Å². The van der Waals surface area contributed by atoms with Crippen LogP contribution in [0.15, 0.2) is 65.8 Å². The van der Waals surface area contributed by atoms with Crippen molar-refractivity contribution in [1.82, 2.24) is 9.97 Å². The van der Waals surface area contributed by atoms with Crippen molar-refractivity contribution in [3.05, 3.63) is 77.6 Å². The molecule has 0 N–H and O–H groups in total. The first-order valence-corrected chi connectivity index (χ1v) is 7.87. The quantitative estimate of drug-likeness (QED) is 0.534. The van der Waals surface area contributed by atoms with Gasteiger partial charge >= 0.3 is 0 Å². The summed E-state index contributed by atoms with van der Waals surface area (Å²) in [4.78, 5) is 9.01. The van der Waals surface area contributed by atoms with Crippen molar-refractivity contribution in [2.75, 3.05) is 12.1 Å². The fourth-order valence-electron chi connectivity index (χ4n) is 2.34. The molecule has 1 heterocycles. The van der Waals surface area contributed by atoms with E-state index in [2.05, 4.69) is 34.1 Å². The topological polar surface area (TPSA) is 41.4 Å². The molecule has 0 bridgehead atoms. The zero-order chi connectivity index (χ0) is 16.9. The molecule has 0 spiro atoms. The Morgan fingerprint density at radius 1 is 0.917 bits per heavy atom. The molecular formula is C20H20N4. The van der Waals surface area contributed by atoms with Crippen molar-refractivity contribution < 1.29 is 0 Å². The van der Waals surface area contributed by atoms with Gasteiger partial charge in [0.05, 0.1) is 11.9 Å². The predicted octanol–water partition coefficient (Wildman–Crippen LogP) is 4.23. The van der Waals surface area contributed by atoms with Gasteiger partial charge in [0, 0.05) is 18.7 Å². The number of aromatic nitrogens is 2. The van der Waals surface area contributed by atoms with Crippen LogP contribution in [0.2, 0.25) is 0 Å². The van der Waals surface area contributed by atoms with E-state index in [4.69, 9.17) is 0 Å². The molecule has 0 saturated carbocycles. The van der Waals surface area contributed by atoms with E-state index in [-0.39, 0.29) is 0 Å². The van der Waals surface area contributed by atoms with Crippen molar-refractivity contribution in [3.63, 3.8) is 0 Å². The molecule has 3 aromatic rings. The van der Waals surface area contributed by atoms with Crippen molar-refractivity contribution in [3.8, 4) is 11.3 Å². The number of hydrogen-bond acceptors (Lipinski definition) is 4. The minimum Gasteiger partial charge on any atom is -0.251 e. The van der Waals surface area contributed by atoms with Gasteiger partial charge in [0.1, 0.15) is 5.82 Å². The Bertz CT molecular complexity index is 839. The molecule has 0 fully saturated rings. The Morgan fingerprint density at radius 3 is 2.33 bits per heavy atom. The molecule has 0 aliphatic heterocycles. The van der Waals surface area contributed by atoms with E-state index in [1.165, 1.54) is 5.56 Å². The third-order valence-corrected chi connectivity index (χ3v) is 3.68. The SMILES string of the molecule is Cc1ccc(/C=N/N(C)c2cc(-c3ccccc3)nc(C)n2)cc1. The maximum atomic E-state index is 4.52. The molecule has 0 unspecified atom stereocenters. The lowest BCUT2D eigenvalue weighted by Crippen LogP contribution is -2.12. The number of anilines is 1. The summed E-state index contributed by atoms with van der Waals surface area (Å²) in [7, 11) is 1.89. The minimum absolute atomic E-state index is 0.726. The number of rotatable bonds is 4. The van der Waals surface area contributed by atoms with Crippen LogP contribution in [0.4, 0.5) is 5.82 Å². The van der Waals surface area contributed by atoms with Gasteiger partial charge in [0.2, 0.25) is 0 Å². The molecule has 0 atom stereocenters. The van der Waals surface area contributed by atoms with Crippen LogP contribution >= 0.6 is 0 Å². The average molecular weight is 316 g/mol. The van der Waals surface area contributed by atoms with Crippen LogP contribution in [0.5, 0.6) is 0 Å². The Labute approximate surface area is 142 Å². The highest BCUT2D eigenvalue weighted by Gasteiger charge is 2.07. The number of hydrazone groups is 1. The van der Waals surface area contributed by atoms with E-state index in [0.717, 1.165) is 28.5 Å². The van der Waals surface area contributed by atoms with Gasteiger partial charge in [-0.1, -0.05) is 60.2 Å². The molecule has 4 heteroatoms. The van der Waals surface area contributed by atoms with Crippen LogP contribution in [0.25, 0.3) is 11.3 Å². The molecule has 3 rings (SSSR count). The molecule has 0 radical (unpaired) electrons. The molecular weight excluding hydrogens is 296 g/mol. The zero-order valence-corrected chi connectivity index (χ0v) is 14.1. The maximum absolute atomic E-state index is 4.52. The van der Waals surface area contributed by atoms with Gasteiger partial charge in [-0.25, -0.2) is 9.97 Å². The summed E-state index contributed by atoms with van der Waals surface area (Å²) in [6, 6.07) is 20.3. The van der Waals surface area contributed by atoms with Crippen LogP contribution in [0.1, 0.15) is 17.0 Å². The minimum atomic E-state index is 0.726. The van der Waals surface area contributed by atoms with Gasteiger partial charge in [-0.2, -0.15) is 5.10 Å². The summed E-state index contributed by atoms with van der Waals surface area (Å²) in [6.45, 7) is 3.97. The number of hydrogen-bond donors (Lipinski definition) is 0. The smallest absolute Gasteiger partial charge is 0.152 e. The van der Waals surface area contributed by atoms with E-state index >= 15 is 0 Å². The summed E-state index contributed by atoms with van der Waals surface area (Å²) in [6.07, 6.45) is 1.83. The van der Waals surface area contributed by atoms with Gasteiger partial charge in [-0.05, 0) is 19.4 Å². The third kappa shape index (κ3) is 3.84. The largest absolute Gasteiger partial charge is 0.251 e. The number of nitrogens with zero attached hydrogens (tertiary/aromatic N) is 4. The number of aryl methyl sites for hydroxylation is 2. The van der Waals surface area contributed by atoms with Crippen LogP contribution in [0.3, 0.4) is 0 Å². The molecule has 0 saturated heterocycles.